The summed E-state index contributed by atoms with van der Waals surface area (Å²) in [7, 11) is -1.27. The fourth-order valence-corrected chi connectivity index (χ4v) is 5.87. The molecule has 1 aromatic carbocycles. The number of ether oxygens (including phenoxy) is 1. The van der Waals surface area contributed by atoms with Crippen molar-refractivity contribution in [2.24, 2.45) is 0 Å². The van der Waals surface area contributed by atoms with E-state index in [1.807, 2.05) is 12.3 Å². The number of nitrogens with one attached hydrogen (secondary N) is 1. The monoisotopic (exact) mass is 495 g/mol. The van der Waals surface area contributed by atoms with E-state index in [1.165, 1.54) is 29.1 Å². The van der Waals surface area contributed by atoms with Gasteiger partial charge in [-0.05, 0) is 67.1 Å². The van der Waals surface area contributed by atoms with E-state index in [-0.39, 0.29) is 5.75 Å². The molecule has 0 radical (unpaired) electrons. The number of aromatic nitrogens is 4. The van der Waals surface area contributed by atoms with Gasteiger partial charge in [-0.3, -0.25) is 0 Å². The molecule has 1 aliphatic heterocycles. The molecule has 0 spiro atoms. The van der Waals surface area contributed by atoms with Gasteiger partial charge in [0.1, 0.15) is 16.2 Å². The molecule has 1 N–H and O–H groups in total. The number of hydrogen-bond donors (Lipinski definition) is 1. The first-order valence-corrected chi connectivity index (χ1v) is 14.2. The van der Waals surface area contributed by atoms with E-state index < -0.39 is 9.84 Å². The van der Waals surface area contributed by atoms with E-state index in [9.17, 15) is 8.42 Å². The summed E-state index contributed by atoms with van der Waals surface area (Å²) >= 11 is 0. The normalized spacial score (nSPS) is 16.0. The van der Waals surface area contributed by atoms with Crippen molar-refractivity contribution in [1.29, 1.82) is 0 Å². The number of hydrogen-bond acceptors (Lipinski definition) is 6. The molecule has 0 amide bonds. The smallest absolute Gasteiger partial charge is 0.197 e. The van der Waals surface area contributed by atoms with E-state index in [2.05, 4.69) is 52.0 Å². The molecule has 3 aromatic heterocycles. The number of fused-ring (bicyclic) bond motifs is 2. The van der Waals surface area contributed by atoms with Crippen molar-refractivity contribution in [2.75, 3.05) is 38.8 Å². The number of sulfone groups is 1. The van der Waals surface area contributed by atoms with E-state index in [0.29, 0.717) is 29.8 Å². The predicted octanol–water partition coefficient (Wildman–Crippen LogP) is 4.23. The van der Waals surface area contributed by atoms with Crippen molar-refractivity contribution in [3.8, 4) is 17.0 Å². The van der Waals surface area contributed by atoms with Crippen molar-refractivity contribution in [2.45, 2.75) is 38.5 Å². The Balaban J connectivity index is 1.46. The molecule has 0 atom stereocenters. The van der Waals surface area contributed by atoms with Gasteiger partial charge in [-0.15, -0.1) is 0 Å². The highest BCUT2D eigenvalue weighted by molar-refractivity contribution is 7.90. The minimum absolute atomic E-state index is 0.235. The number of benzene rings is 1. The van der Waals surface area contributed by atoms with Crippen LogP contribution in [0.1, 0.15) is 49.7 Å². The third-order valence-corrected chi connectivity index (χ3v) is 8.05. The van der Waals surface area contributed by atoms with Gasteiger partial charge in [0.2, 0.25) is 0 Å². The fourth-order valence-electron chi connectivity index (χ4n) is 5.28. The zero-order chi connectivity index (χ0) is 24.7. The maximum absolute atomic E-state index is 11.5. The summed E-state index contributed by atoms with van der Waals surface area (Å²) in [6, 6.07) is 8.81. The summed E-state index contributed by atoms with van der Waals surface area (Å²) in [6.45, 7) is 6.95. The SMILES string of the molecule is COc1cc(-c2[nH]c3ccc(C4CCN(CCS(C)(=O)=O)CC4)cc3c2C(C)C)cn2ncnc12. The summed E-state index contributed by atoms with van der Waals surface area (Å²) < 4.78 is 30.4. The van der Waals surface area contributed by atoms with E-state index >= 15 is 0 Å². The van der Waals surface area contributed by atoms with Gasteiger partial charge in [0.25, 0.3) is 0 Å². The molecule has 0 bridgehead atoms. The largest absolute Gasteiger partial charge is 0.493 e. The first kappa shape index (κ1) is 23.8. The van der Waals surface area contributed by atoms with Crippen LogP contribution in [0.2, 0.25) is 0 Å². The fraction of sp³-hybridized carbons (Fsp3) is 0.462. The van der Waals surface area contributed by atoms with E-state index in [4.69, 9.17) is 4.74 Å². The molecule has 0 unspecified atom stereocenters. The molecule has 8 nitrogen and oxygen atoms in total. The summed E-state index contributed by atoms with van der Waals surface area (Å²) in [4.78, 5) is 10.2. The topological polar surface area (TPSA) is 92.6 Å². The van der Waals surface area contributed by atoms with Crippen LogP contribution in [0.5, 0.6) is 5.75 Å². The van der Waals surface area contributed by atoms with Gasteiger partial charge in [0.05, 0.1) is 18.6 Å². The highest BCUT2D eigenvalue weighted by Gasteiger charge is 2.24. The molecule has 1 saturated heterocycles. The minimum Gasteiger partial charge on any atom is -0.493 e. The number of nitrogens with zero attached hydrogens (tertiary/aromatic N) is 4. The average molecular weight is 496 g/mol. The lowest BCUT2D eigenvalue weighted by Gasteiger charge is -2.32. The molecule has 186 valence electrons. The van der Waals surface area contributed by atoms with Gasteiger partial charge in [-0.2, -0.15) is 5.10 Å². The summed E-state index contributed by atoms with van der Waals surface area (Å²) in [6.07, 6.45) is 6.93. The van der Waals surface area contributed by atoms with Crippen LogP contribution in [0, 0.1) is 0 Å². The second kappa shape index (κ2) is 9.28. The van der Waals surface area contributed by atoms with Gasteiger partial charge in [0, 0.05) is 35.5 Å². The van der Waals surface area contributed by atoms with Gasteiger partial charge in [-0.25, -0.2) is 17.9 Å². The number of methoxy groups -OCH3 is 1. The first-order chi connectivity index (χ1) is 16.7. The number of pyridine rings is 1. The third-order valence-electron chi connectivity index (χ3n) is 7.13. The molecule has 0 aliphatic carbocycles. The lowest BCUT2D eigenvalue weighted by molar-refractivity contribution is 0.223. The molecule has 4 heterocycles. The predicted molar refractivity (Wildman–Crippen MR) is 139 cm³/mol. The van der Waals surface area contributed by atoms with Crippen LogP contribution in [0.25, 0.3) is 27.8 Å². The van der Waals surface area contributed by atoms with E-state index in [0.717, 1.165) is 42.7 Å². The Morgan fingerprint density at radius 1 is 1.20 bits per heavy atom. The van der Waals surface area contributed by atoms with Crippen LogP contribution in [0.3, 0.4) is 0 Å². The molecular formula is C26H33N5O3S. The Bertz CT molecular complexity index is 1460. The van der Waals surface area contributed by atoms with Gasteiger partial charge in [0.15, 0.2) is 11.4 Å². The lowest BCUT2D eigenvalue weighted by Crippen LogP contribution is -2.36. The molecule has 4 aromatic rings. The number of aromatic amines is 1. The number of rotatable bonds is 7. The molecule has 1 aliphatic rings. The van der Waals surface area contributed by atoms with Crippen molar-refractivity contribution < 1.29 is 13.2 Å². The van der Waals surface area contributed by atoms with Crippen LogP contribution < -0.4 is 4.74 Å². The second-order valence-electron chi connectivity index (χ2n) is 9.94. The standard InChI is InChI=1S/C26H33N5O3S/c1-17(2)24-21-13-19(18-7-9-30(10-8-18)11-12-35(4,32)33)5-6-22(21)29-25(24)20-14-23(34-3)26-27-16-28-31(26)15-20/h5-6,13-18,29H,7-12H2,1-4H3. The number of piperidine rings is 1. The minimum atomic E-state index is -2.92. The highest BCUT2D eigenvalue weighted by Crippen LogP contribution is 2.39. The molecule has 5 rings (SSSR count). The van der Waals surface area contributed by atoms with Crippen molar-refractivity contribution in [3.63, 3.8) is 0 Å². The number of likely N-dealkylation sites (tertiary alicyclic amines) is 1. The third kappa shape index (κ3) is 4.79. The van der Waals surface area contributed by atoms with Gasteiger partial charge in [-0.1, -0.05) is 19.9 Å². The second-order valence-corrected chi connectivity index (χ2v) is 12.2. The maximum atomic E-state index is 11.5. The summed E-state index contributed by atoms with van der Waals surface area (Å²) in [5.41, 5.74) is 6.56. The molecule has 0 saturated carbocycles. The first-order valence-electron chi connectivity index (χ1n) is 12.2. The van der Waals surface area contributed by atoms with Crippen LogP contribution in [-0.4, -0.2) is 71.7 Å². The molecule has 35 heavy (non-hydrogen) atoms. The molecule has 1 fully saturated rings. The Hall–Kier alpha value is -2.91. The zero-order valence-corrected chi connectivity index (χ0v) is 21.6. The lowest BCUT2D eigenvalue weighted by atomic mass is 9.87. The summed E-state index contributed by atoms with van der Waals surface area (Å²) in [5.74, 6) is 1.73. The highest BCUT2D eigenvalue weighted by atomic mass is 32.2. The Labute approximate surface area is 206 Å². The Morgan fingerprint density at radius 3 is 2.66 bits per heavy atom. The Morgan fingerprint density at radius 2 is 1.97 bits per heavy atom. The zero-order valence-electron chi connectivity index (χ0n) is 20.8. The summed E-state index contributed by atoms with van der Waals surface area (Å²) in [5, 5.41) is 5.58. The van der Waals surface area contributed by atoms with Crippen LogP contribution in [0.15, 0.2) is 36.8 Å². The quantitative estimate of drug-likeness (QED) is 0.412. The van der Waals surface area contributed by atoms with Gasteiger partial charge < -0.3 is 14.6 Å². The van der Waals surface area contributed by atoms with Crippen molar-refractivity contribution in [3.05, 3.63) is 47.9 Å². The average Bonchev–Trinajstić information content (AvgIpc) is 3.46. The Kier molecular flexibility index (Phi) is 6.31. The molecular weight excluding hydrogens is 462 g/mol. The van der Waals surface area contributed by atoms with E-state index in [1.54, 1.807) is 11.6 Å². The van der Waals surface area contributed by atoms with Crippen LogP contribution >= 0.6 is 0 Å². The maximum Gasteiger partial charge on any atom is 0.197 e. The van der Waals surface area contributed by atoms with Crippen LogP contribution in [0.4, 0.5) is 0 Å². The van der Waals surface area contributed by atoms with Crippen molar-refractivity contribution >= 4 is 26.4 Å². The number of H-pyrrole nitrogens is 1. The van der Waals surface area contributed by atoms with Crippen molar-refractivity contribution in [1.82, 2.24) is 24.5 Å². The van der Waals surface area contributed by atoms with Crippen LogP contribution in [-0.2, 0) is 9.84 Å². The molecule has 9 heteroatoms. The van der Waals surface area contributed by atoms with Gasteiger partial charge >= 0.3 is 0 Å².